The highest BCUT2D eigenvalue weighted by atomic mass is 16.5. The SMILES string of the molecule is CC1CN(CCOc2ccccc2C(=O)O)CCO1. The Morgan fingerprint density at radius 3 is 3.05 bits per heavy atom. The van der Waals surface area contributed by atoms with E-state index in [0.29, 0.717) is 12.4 Å². The first-order valence-corrected chi connectivity index (χ1v) is 6.46. The molecule has 1 aromatic rings. The van der Waals surface area contributed by atoms with Gasteiger partial charge in [0.25, 0.3) is 0 Å². The second-order valence-corrected chi connectivity index (χ2v) is 4.63. The maximum Gasteiger partial charge on any atom is 0.339 e. The molecule has 1 heterocycles. The molecule has 1 atom stereocenters. The monoisotopic (exact) mass is 265 g/mol. The van der Waals surface area contributed by atoms with Gasteiger partial charge in [-0.05, 0) is 19.1 Å². The zero-order chi connectivity index (χ0) is 13.7. The number of carboxylic acid groups (broad SMARTS) is 1. The van der Waals surface area contributed by atoms with Crippen LogP contribution in [0.1, 0.15) is 17.3 Å². The fourth-order valence-corrected chi connectivity index (χ4v) is 2.15. The fraction of sp³-hybridized carbons (Fsp3) is 0.500. The first-order valence-electron chi connectivity index (χ1n) is 6.46. The summed E-state index contributed by atoms with van der Waals surface area (Å²) in [6, 6.07) is 6.71. The molecule has 1 aliphatic rings. The Morgan fingerprint density at radius 2 is 2.32 bits per heavy atom. The Balaban J connectivity index is 1.84. The molecule has 1 saturated heterocycles. The van der Waals surface area contributed by atoms with Crippen LogP contribution in [-0.4, -0.2) is 54.9 Å². The zero-order valence-electron chi connectivity index (χ0n) is 11.0. The summed E-state index contributed by atoms with van der Waals surface area (Å²) in [4.78, 5) is 13.3. The summed E-state index contributed by atoms with van der Waals surface area (Å²) in [5.74, 6) is -0.535. The molecule has 104 valence electrons. The predicted octanol–water partition coefficient (Wildman–Crippen LogP) is 1.48. The van der Waals surface area contributed by atoms with Gasteiger partial charge >= 0.3 is 5.97 Å². The smallest absolute Gasteiger partial charge is 0.339 e. The van der Waals surface area contributed by atoms with E-state index in [1.54, 1.807) is 24.3 Å². The molecule has 1 aliphatic heterocycles. The van der Waals surface area contributed by atoms with E-state index in [-0.39, 0.29) is 11.7 Å². The topological polar surface area (TPSA) is 59.0 Å². The Morgan fingerprint density at radius 1 is 1.53 bits per heavy atom. The van der Waals surface area contributed by atoms with Gasteiger partial charge in [0.2, 0.25) is 0 Å². The summed E-state index contributed by atoms with van der Waals surface area (Å²) >= 11 is 0. The molecular formula is C14H19NO4. The van der Waals surface area contributed by atoms with Crippen LogP contribution in [0.4, 0.5) is 0 Å². The van der Waals surface area contributed by atoms with Gasteiger partial charge in [-0.1, -0.05) is 12.1 Å². The van der Waals surface area contributed by atoms with Crippen molar-refractivity contribution in [1.82, 2.24) is 4.90 Å². The number of morpholine rings is 1. The Labute approximate surface area is 112 Å². The molecule has 0 aliphatic carbocycles. The van der Waals surface area contributed by atoms with Crippen molar-refractivity contribution >= 4 is 5.97 Å². The average Bonchev–Trinajstić information content (AvgIpc) is 2.39. The van der Waals surface area contributed by atoms with Crippen molar-refractivity contribution in [3.63, 3.8) is 0 Å². The molecule has 0 amide bonds. The lowest BCUT2D eigenvalue weighted by atomic mass is 10.2. The minimum absolute atomic E-state index is 0.206. The zero-order valence-corrected chi connectivity index (χ0v) is 11.0. The van der Waals surface area contributed by atoms with E-state index in [0.717, 1.165) is 26.2 Å². The predicted molar refractivity (Wildman–Crippen MR) is 70.8 cm³/mol. The standard InChI is InChI=1S/C14H19NO4/c1-11-10-15(6-8-18-11)7-9-19-13-5-3-2-4-12(13)14(16)17/h2-5,11H,6-10H2,1H3,(H,16,17). The van der Waals surface area contributed by atoms with Gasteiger partial charge in [0.05, 0.1) is 12.7 Å². The molecule has 5 heteroatoms. The number of para-hydroxylation sites is 1. The van der Waals surface area contributed by atoms with Crippen molar-refractivity contribution in [3.05, 3.63) is 29.8 Å². The van der Waals surface area contributed by atoms with Crippen molar-refractivity contribution < 1.29 is 19.4 Å². The van der Waals surface area contributed by atoms with E-state index in [1.807, 2.05) is 6.92 Å². The lowest BCUT2D eigenvalue weighted by molar-refractivity contribution is -0.0214. The molecule has 2 rings (SSSR count). The molecule has 0 spiro atoms. The van der Waals surface area contributed by atoms with Crippen LogP contribution in [-0.2, 0) is 4.74 Å². The highest BCUT2D eigenvalue weighted by Crippen LogP contribution is 2.17. The lowest BCUT2D eigenvalue weighted by Gasteiger charge is -2.30. The number of nitrogens with zero attached hydrogens (tertiary/aromatic N) is 1. The second-order valence-electron chi connectivity index (χ2n) is 4.63. The van der Waals surface area contributed by atoms with Crippen LogP contribution in [0.5, 0.6) is 5.75 Å². The first-order chi connectivity index (χ1) is 9.16. The number of aromatic carboxylic acids is 1. The number of benzene rings is 1. The fourth-order valence-electron chi connectivity index (χ4n) is 2.15. The number of hydrogen-bond acceptors (Lipinski definition) is 4. The Bertz CT molecular complexity index is 435. The summed E-state index contributed by atoms with van der Waals surface area (Å²) in [5, 5.41) is 9.04. The van der Waals surface area contributed by atoms with Gasteiger partial charge in [0.1, 0.15) is 17.9 Å². The third-order valence-electron chi connectivity index (χ3n) is 3.11. The first kappa shape index (κ1) is 13.8. The summed E-state index contributed by atoms with van der Waals surface area (Å²) in [7, 11) is 0. The van der Waals surface area contributed by atoms with Gasteiger partial charge in [-0.25, -0.2) is 4.79 Å². The van der Waals surface area contributed by atoms with Crippen LogP contribution in [0.25, 0.3) is 0 Å². The van der Waals surface area contributed by atoms with Crippen molar-refractivity contribution in [2.75, 3.05) is 32.8 Å². The molecule has 0 bridgehead atoms. The van der Waals surface area contributed by atoms with Crippen molar-refractivity contribution in [3.8, 4) is 5.75 Å². The van der Waals surface area contributed by atoms with Crippen LogP contribution in [0.15, 0.2) is 24.3 Å². The summed E-state index contributed by atoms with van der Waals surface area (Å²) in [6.07, 6.45) is 0.250. The number of carboxylic acids is 1. The van der Waals surface area contributed by atoms with E-state index in [9.17, 15) is 4.79 Å². The summed E-state index contributed by atoms with van der Waals surface area (Å²) in [6.45, 7) is 5.84. The van der Waals surface area contributed by atoms with Crippen LogP contribution in [0.2, 0.25) is 0 Å². The third-order valence-corrected chi connectivity index (χ3v) is 3.11. The van der Waals surface area contributed by atoms with Gasteiger partial charge in [0.15, 0.2) is 0 Å². The van der Waals surface area contributed by atoms with E-state index >= 15 is 0 Å². The van der Waals surface area contributed by atoms with E-state index in [1.165, 1.54) is 0 Å². The van der Waals surface area contributed by atoms with Crippen molar-refractivity contribution in [2.24, 2.45) is 0 Å². The van der Waals surface area contributed by atoms with E-state index < -0.39 is 5.97 Å². The van der Waals surface area contributed by atoms with Crippen LogP contribution >= 0.6 is 0 Å². The summed E-state index contributed by atoms with van der Waals surface area (Å²) in [5.41, 5.74) is 0.206. The summed E-state index contributed by atoms with van der Waals surface area (Å²) < 4.78 is 11.0. The quantitative estimate of drug-likeness (QED) is 0.874. The van der Waals surface area contributed by atoms with Gasteiger partial charge in [-0.15, -0.1) is 0 Å². The number of rotatable bonds is 5. The van der Waals surface area contributed by atoms with Crippen LogP contribution in [0.3, 0.4) is 0 Å². The minimum Gasteiger partial charge on any atom is -0.491 e. The van der Waals surface area contributed by atoms with Gasteiger partial charge < -0.3 is 14.6 Å². The highest BCUT2D eigenvalue weighted by molar-refractivity contribution is 5.90. The molecule has 0 saturated carbocycles. The van der Waals surface area contributed by atoms with Gasteiger partial charge in [-0.2, -0.15) is 0 Å². The maximum absolute atomic E-state index is 11.0. The Kier molecular flexibility index (Phi) is 4.76. The lowest BCUT2D eigenvalue weighted by Crippen LogP contribution is -2.42. The molecular weight excluding hydrogens is 246 g/mol. The van der Waals surface area contributed by atoms with Gasteiger partial charge in [0, 0.05) is 19.6 Å². The molecule has 0 aromatic heterocycles. The van der Waals surface area contributed by atoms with Crippen LogP contribution in [0, 0.1) is 0 Å². The third kappa shape index (κ3) is 3.94. The van der Waals surface area contributed by atoms with Crippen molar-refractivity contribution in [2.45, 2.75) is 13.0 Å². The molecule has 0 radical (unpaired) electrons. The average molecular weight is 265 g/mol. The number of ether oxygens (including phenoxy) is 2. The molecule has 1 fully saturated rings. The normalized spacial score (nSPS) is 20.2. The highest BCUT2D eigenvalue weighted by Gasteiger charge is 2.16. The molecule has 1 unspecified atom stereocenters. The van der Waals surface area contributed by atoms with E-state index in [4.69, 9.17) is 14.6 Å². The number of hydrogen-bond donors (Lipinski definition) is 1. The maximum atomic E-state index is 11.0. The number of carbonyl (C=O) groups is 1. The van der Waals surface area contributed by atoms with Crippen LogP contribution < -0.4 is 4.74 Å². The second kappa shape index (κ2) is 6.54. The Hall–Kier alpha value is -1.59. The van der Waals surface area contributed by atoms with Gasteiger partial charge in [-0.3, -0.25) is 4.90 Å². The van der Waals surface area contributed by atoms with Crippen molar-refractivity contribution in [1.29, 1.82) is 0 Å². The molecule has 1 aromatic carbocycles. The minimum atomic E-state index is -0.962. The largest absolute Gasteiger partial charge is 0.491 e. The molecule has 5 nitrogen and oxygen atoms in total. The molecule has 19 heavy (non-hydrogen) atoms. The molecule has 1 N–H and O–H groups in total. The van der Waals surface area contributed by atoms with E-state index in [2.05, 4.69) is 4.90 Å².